The number of aromatic nitrogens is 2. The Morgan fingerprint density at radius 3 is 2.26 bits per heavy atom. The van der Waals surface area contributed by atoms with Gasteiger partial charge in [-0.2, -0.15) is 0 Å². The summed E-state index contributed by atoms with van der Waals surface area (Å²) in [5.41, 5.74) is 1.82. The number of benzene rings is 2. The first-order valence-corrected chi connectivity index (χ1v) is 10.8. The van der Waals surface area contributed by atoms with Crippen molar-refractivity contribution < 1.29 is 18.1 Å². The van der Waals surface area contributed by atoms with Crippen LogP contribution in [0.5, 0.6) is 0 Å². The van der Waals surface area contributed by atoms with E-state index in [4.69, 9.17) is 0 Å². The fraction of sp³-hybridized carbons (Fsp3) is 0.200. The number of rotatable bonds is 8. The fourth-order valence-electron chi connectivity index (χ4n) is 2.80. The Morgan fingerprint density at radius 1 is 1.06 bits per heavy atom. The second-order valence-corrected chi connectivity index (χ2v) is 8.57. The summed E-state index contributed by atoms with van der Waals surface area (Å²) in [4.78, 5) is 26.3. The molecule has 162 valence electrons. The van der Waals surface area contributed by atoms with Crippen molar-refractivity contribution in [3.63, 3.8) is 0 Å². The maximum atomic E-state index is 12.4. The van der Waals surface area contributed by atoms with E-state index in [1.54, 1.807) is 47.9 Å². The van der Waals surface area contributed by atoms with Crippen molar-refractivity contribution in [1.29, 1.82) is 0 Å². The topological polar surface area (TPSA) is 136 Å². The third-order valence-corrected chi connectivity index (χ3v) is 5.88. The van der Waals surface area contributed by atoms with Crippen LogP contribution in [0.25, 0.3) is 0 Å². The summed E-state index contributed by atoms with van der Waals surface area (Å²) in [6.07, 6.45) is 1.38. The second-order valence-electron chi connectivity index (χ2n) is 6.89. The lowest BCUT2D eigenvalue weighted by atomic mass is 10.2. The Hall–Kier alpha value is -3.73. The maximum Gasteiger partial charge on any atom is 0.381 e. The van der Waals surface area contributed by atoms with Crippen molar-refractivity contribution in [2.45, 2.75) is 31.7 Å². The van der Waals surface area contributed by atoms with Crippen molar-refractivity contribution in [2.24, 2.45) is 0 Å². The molecule has 3 rings (SSSR count). The van der Waals surface area contributed by atoms with E-state index in [0.29, 0.717) is 17.2 Å². The van der Waals surface area contributed by atoms with Crippen LogP contribution in [0.15, 0.2) is 59.6 Å². The van der Waals surface area contributed by atoms with Gasteiger partial charge in [0.2, 0.25) is 11.7 Å². The molecule has 0 radical (unpaired) electrons. The normalized spacial score (nSPS) is 11.2. The molecule has 0 atom stereocenters. The number of imidazole rings is 1. The van der Waals surface area contributed by atoms with Crippen LogP contribution in [-0.2, 0) is 21.4 Å². The summed E-state index contributed by atoms with van der Waals surface area (Å²) in [7, 11) is -3.71. The molecule has 1 amide bonds. The highest BCUT2D eigenvalue weighted by atomic mass is 32.2. The van der Waals surface area contributed by atoms with E-state index >= 15 is 0 Å². The van der Waals surface area contributed by atoms with Gasteiger partial charge in [-0.1, -0.05) is 17.7 Å². The summed E-state index contributed by atoms with van der Waals surface area (Å²) >= 11 is 0. The highest BCUT2D eigenvalue weighted by molar-refractivity contribution is 7.92. The molecule has 0 aliphatic carbocycles. The lowest BCUT2D eigenvalue weighted by molar-refractivity contribution is -0.389. The average Bonchev–Trinajstić information content (AvgIpc) is 3.09. The molecule has 0 unspecified atom stereocenters. The first-order chi connectivity index (χ1) is 14.6. The maximum absolute atomic E-state index is 12.4. The molecular formula is C20H21N5O5S. The molecule has 0 saturated carbocycles. The predicted molar refractivity (Wildman–Crippen MR) is 115 cm³/mol. The second kappa shape index (κ2) is 8.96. The number of carbonyl (C=O) groups is 1. The highest BCUT2D eigenvalue weighted by Gasteiger charge is 2.16. The number of nitrogens with one attached hydrogen (secondary N) is 2. The summed E-state index contributed by atoms with van der Waals surface area (Å²) in [5, 5.41) is 13.5. The smallest absolute Gasteiger partial charge is 0.358 e. The Bertz CT molecular complexity index is 1200. The number of aryl methyl sites for hydroxylation is 3. The Labute approximate surface area is 179 Å². The van der Waals surface area contributed by atoms with Crippen LogP contribution in [0.4, 0.5) is 17.2 Å². The molecule has 1 aromatic heterocycles. The number of carbonyl (C=O) groups excluding carboxylic acids is 1. The molecule has 0 fully saturated rings. The molecule has 0 aliphatic heterocycles. The Morgan fingerprint density at radius 2 is 1.68 bits per heavy atom. The van der Waals surface area contributed by atoms with Crippen LogP contribution >= 0.6 is 0 Å². The van der Waals surface area contributed by atoms with Gasteiger partial charge >= 0.3 is 5.82 Å². The third kappa shape index (κ3) is 5.66. The van der Waals surface area contributed by atoms with Crippen molar-refractivity contribution in [2.75, 3.05) is 10.0 Å². The van der Waals surface area contributed by atoms with Gasteiger partial charge in [-0.05, 0) is 53.2 Å². The van der Waals surface area contributed by atoms with E-state index in [-0.39, 0.29) is 29.6 Å². The van der Waals surface area contributed by atoms with Crippen molar-refractivity contribution >= 4 is 33.1 Å². The molecule has 11 heteroatoms. The minimum absolute atomic E-state index is 0.0934. The number of hydrogen-bond acceptors (Lipinski definition) is 6. The minimum atomic E-state index is -3.71. The number of sulfonamides is 1. The van der Waals surface area contributed by atoms with Crippen LogP contribution < -0.4 is 10.0 Å². The zero-order valence-electron chi connectivity index (χ0n) is 16.9. The van der Waals surface area contributed by atoms with Crippen LogP contribution in [0.2, 0.25) is 0 Å². The molecule has 1 heterocycles. The molecule has 2 aromatic carbocycles. The molecule has 0 aliphatic rings. The van der Waals surface area contributed by atoms with Gasteiger partial charge in [0.15, 0.2) is 0 Å². The predicted octanol–water partition coefficient (Wildman–Crippen LogP) is 3.24. The SMILES string of the molecule is Cc1ccc(S(=O)(=O)Nc2ccc(NC(=O)CCn3cc([N+](=O)[O-])nc3C)cc2)cc1. The molecule has 0 saturated heterocycles. The first-order valence-electron chi connectivity index (χ1n) is 9.31. The zero-order chi connectivity index (χ0) is 22.6. The minimum Gasteiger partial charge on any atom is -0.358 e. The van der Waals surface area contributed by atoms with E-state index < -0.39 is 14.9 Å². The van der Waals surface area contributed by atoms with Crippen molar-refractivity contribution in [3.05, 3.63) is 76.2 Å². The van der Waals surface area contributed by atoms with E-state index in [1.807, 2.05) is 6.92 Å². The van der Waals surface area contributed by atoms with Crippen LogP contribution in [0.1, 0.15) is 17.8 Å². The van der Waals surface area contributed by atoms with E-state index in [0.717, 1.165) is 5.56 Å². The number of hydrogen-bond donors (Lipinski definition) is 2. The van der Waals surface area contributed by atoms with Gasteiger partial charge in [0.05, 0.1) is 4.90 Å². The number of anilines is 2. The van der Waals surface area contributed by atoms with Gasteiger partial charge in [0, 0.05) is 31.3 Å². The van der Waals surface area contributed by atoms with E-state index in [1.165, 1.54) is 18.3 Å². The van der Waals surface area contributed by atoms with Crippen LogP contribution in [0.3, 0.4) is 0 Å². The first kappa shape index (κ1) is 22.0. The van der Waals surface area contributed by atoms with Gasteiger partial charge in [-0.3, -0.25) is 9.52 Å². The van der Waals surface area contributed by atoms with Crippen LogP contribution in [-0.4, -0.2) is 28.8 Å². The standard InChI is InChI=1S/C20H21N5O5S/c1-14-3-9-18(10-4-14)31(29,30)23-17-7-5-16(6-8-17)22-20(26)11-12-24-13-19(25(27)28)21-15(24)2/h3-10,13,23H,11-12H2,1-2H3,(H,22,26). The lowest BCUT2D eigenvalue weighted by Gasteiger charge is -2.10. The summed E-state index contributed by atoms with van der Waals surface area (Å²) < 4.78 is 28.9. The zero-order valence-corrected chi connectivity index (χ0v) is 17.7. The number of amides is 1. The van der Waals surface area contributed by atoms with E-state index in [9.17, 15) is 23.3 Å². The van der Waals surface area contributed by atoms with Gasteiger partial charge in [-0.25, -0.2) is 8.42 Å². The van der Waals surface area contributed by atoms with Crippen molar-refractivity contribution in [3.8, 4) is 0 Å². The highest BCUT2D eigenvalue weighted by Crippen LogP contribution is 2.19. The summed E-state index contributed by atoms with van der Waals surface area (Å²) in [5.74, 6) is -0.102. The summed E-state index contributed by atoms with van der Waals surface area (Å²) in [6, 6.07) is 12.8. The van der Waals surface area contributed by atoms with E-state index in [2.05, 4.69) is 15.0 Å². The number of nitrogens with zero attached hydrogens (tertiary/aromatic N) is 3. The molecular weight excluding hydrogens is 422 g/mol. The van der Waals surface area contributed by atoms with Gasteiger partial charge in [0.25, 0.3) is 10.0 Å². The van der Waals surface area contributed by atoms with Gasteiger partial charge in [-0.15, -0.1) is 0 Å². The molecule has 0 spiro atoms. The molecule has 2 N–H and O–H groups in total. The number of nitro groups is 1. The van der Waals surface area contributed by atoms with Crippen molar-refractivity contribution in [1.82, 2.24) is 9.55 Å². The lowest BCUT2D eigenvalue weighted by Crippen LogP contribution is -2.15. The molecule has 31 heavy (non-hydrogen) atoms. The molecule has 3 aromatic rings. The summed E-state index contributed by atoms with van der Waals surface area (Å²) in [6.45, 7) is 3.74. The molecule has 10 nitrogen and oxygen atoms in total. The monoisotopic (exact) mass is 443 g/mol. The molecule has 0 bridgehead atoms. The quantitative estimate of drug-likeness (QED) is 0.405. The van der Waals surface area contributed by atoms with Gasteiger partial charge in [0.1, 0.15) is 6.20 Å². The largest absolute Gasteiger partial charge is 0.381 e. The fourth-order valence-corrected chi connectivity index (χ4v) is 3.86. The van der Waals surface area contributed by atoms with Crippen LogP contribution in [0, 0.1) is 24.0 Å². The Kier molecular flexibility index (Phi) is 6.35. The average molecular weight is 443 g/mol. The Balaban J connectivity index is 1.57. The van der Waals surface area contributed by atoms with Gasteiger partial charge < -0.3 is 20.0 Å². The third-order valence-electron chi connectivity index (χ3n) is 4.48.